The molecule has 3 rings (SSSR count). The second-order valence-electron chi connectivity index (χ2n) is 7.13. The maximum Gasteiger partial charge on any atom is 0.410 e. The number of nitrogens with zero attached hydrogens (tertiary/aromatic N) is 3. The van der Waals surface area contributed by atoms with Gasteiger partial charge in [0.2, 0.25) is 0 Å². The number of likely N-dealkylation sites (tertiary alicyclic amines) is 1. The molecule has 0 aliphatic carbocycles. The van der Waals surface area contributed by atoms with E-state index in [1.165, 1.54) is 0 Å². The van der Waals surface area contributed by atoms with E-state index in [4.69, 9.17) is 12.6 Å². The van der Waals surface area contributed by atoms with Crippen LogP contribution >= 0.6 is 0 Å². The van der Waals surface area contributed by atoms with Crippen molar-refractivity contribution in [2.75, 3.05) is 13.1 Å². The van der Waals surface area contributed by atoms with E-state index in [9.17, 15) is 4.79 Å². The Hall–Kier alpha value is -1.98. The Balaban J connectivity index is 1.65. The van der Waals surface area contributed by atoms with Crippen LogP contribution in [0.2, 0.25) is 0 Å². The number of carbonyl (C=O) groups is 1. The van der Waals surface area contributed by atoms with Crippen molar-refractivity contribution in [3.8, 4) is 0 Å². The number of carbonyl (C=O) groups excluding carboxylic acids is 1. The van der Waals surface area contributed by atoms with Gasteiger partial charge in [0.15, 0.2) is 0 Å². The third kappa shape index (κ3) is 3.68. The number of hydrogen-bond acceptors (Lipinski definition) is 3. The molecule has 1 aliphatic heterocycles. The quantitative estimate of drug-likeness (QED) is 0.760. The molecule has 1 aromatic carbocycles. The molecule has 0 N–H and O–H groups in total. The molecular formula is C17H22BN3O2. The van der Waals surface area contributed by atoms with Gasteiger partial charge in [0.25, 0.3) is 0 Å². The van der Waals surface area contributed by atoms with Crippen LogP contribution in [0, 0.1) is 0 Å². The molecule has 0 spiro atoms. The van der Waals surface area contributed by atoms with E-state index in [1.807, 2.05) is 49.8 Å². The minimum absolute atomic E-state index is 0.227. The normalized spacial score (nSPS) is 16.7. The lowest BCUT2D eigenvalue weighted by molar-refractivity contribution is 0.0185. The van der Waals surface area contributed by atoms with E-state index in [1.54, 1.807) is 4.90 Å². The van der Waals surface area contributed by atoms with Crippen molar-refractivity contribution in [2.24, 2.45) is 0 Å². The van der Waals surface area contributed by atoms with Gasteiger partial charge in [0, 0.05) is 24.7 Å². The third-order valence-electron chi connectivity index (χ3n) is 4.04. The van der Waals surface area contributed by atoms with Crippen LogP contribution in [0.15, 0.2) is 24.4 Å². The average molecular weight is 311 g/mol. The Morgan fingerprint density at radius 3 is 2.65 bits per heavy atom. The van der Waals surface area contributed by atoms with Gasteiger partial charge in [-0.2, -0.15) is 5.10 Å². The number of aromatic nitrogens is 2. The Morgan fingerprint density at radius 2 is 2.00 bits per heavy atom. The highest BCUT2D eigenvalue weighted by Crippen LogP contribution is 2.25. The lowest BCUT2D eigenvalue weighted by Gasteiger charge is -2.33. The minimum Gasteiger partial charge on any atom is -0.444 e. The maximum atomic E-state index is 12.1. The largest absolute Gasteiger partial charge is 0.444 e. The molecule has 120 valence electrons. The summed E-state index contributed by atoms with van der Waals surface area (Å²) < 4.78 is 7.44. The average Bonchev–Trinajstić information content (AvgIpc) is 2.88. The summed E-state index contributed by atoms with van der Waals surface area (Å²) >= 11 is 0. The van der Waals surface area contributed by atoms with Gasteiger partial charge in [-0.1, -0.05) is 17.6 Å². The van der Waals surface area contributed by atoms with Crippen LogP contribution in [0.25, 0.3) is 10.9 Å². The van der Waals surface area contributed by atoms with Crippen molar-refractivity contribution in [1.29, 1.82) is 0 Å². The zero-order chi connectivity index (χ0) is 16.6. The van der Waals surface area contributed by atoms with Crippen LogP contribution in [0.1, 0.15) is 39.7 Å². The Morgan fingerprint density at radius 1 is 1.30 bits per heavy atom. The SMILES string of the molecule is [B]c1ccc2nn(C3CCN(C(=O)OC(C)(C)C)CC3)cc2c1. The number of hydrogen-bond donors (Lipinski definition) is 0. The molecule has 2 aromatic rings. The third-order valence-corrected chi connectivity index (χ3v) is 4.04. The summed E-state index contributed by atoms with van der Waals surface area (Å²) in [5.41, 5.74) is 1.25. The fraction of sp³-hybridized carbons (Fsp3) is 0.529. The van der Waals surface area contributed by atoms with Gasteiger partial charge < -0.3 is 9.64 Å². The Labute approximate surface area is 138 Å². The highest BCUT2D eigenvalue weighted by molar-refractivity contribution is 6.33. The highest BCUT2D eigenvalue weighted by atomic mass is 16.6. The summed E-state index contributed by atoms with van der Waals surface area (Å²) in [4.78, 5) is 13.9. The van der Waals surface area contributed by atoms with Gasteiger partial charge in [0.05, 0.1) is 11.6 Å². The lowest BCUT2D eigenvalue weighted by atomic mass is 9.95. The lowest BCUT2D eigenvalue weighted by Crippen LogP contribution is -2.42. The van der Waals surface area contributed by atoms with Crippen molar-refractivity contribution in [3.63, 3.8) is 0 Å². The fourth-order valence-electron chi connectivity index (χ4n) is 2.89. The summed E-state index contributed by atoms with van der Waals surface area (Å²) in [6, 6.07) is 6.05. The molecule has 0 bridgehead atoms. The van der Waals surface area contributed by atoms with Gasteiger partial charge in [-0.05, 0) is 39.7 Å². The first-order valence-corrected chi connectivity index (χ1v) is 8.04. The van der Waals surface area contributed by atoms with Crippen molar-refractivity contribution in [1.82, 2.24) is 14.7 Å². The first-order chi connectivity index (χ1) is 10.8. The van der Waals surface area contributed by atoms with E-state index in [0.717, 1.165) is 29.2 Å². The molecular weight excluding hydrogens is 289 g/mol. The van der Waals surface area contributed by atoms with Crippen LogP contribution in [0.4, 0.5) is 4.79 Å². The first kappa shape index (κ1) is 15.9. The van der Waals surface area contributed by atoms with E-state index in [0.29, 0.717) is 19.1 Å². The smallest absolute Gasteiger partial charge is 0.410 e. The molecule has 1 saturated heterocycles. The molecule has 1 aromatic heterocycles. The molecule has 0 atom stereocenters. The molecule has 1 aliphatic rings. The van der Waals surface area contributed by atoms with E-state index >= 15 is 0 Å². The molecule has 1 fully saturated rings. The topological polar surface area (TPSA) is 47.4 Å². The number of benzene rings is 1. The molecule has 0 unspecified atom stereocenters. The Bertz CT molecular complexity index is 712. The summed E-state index contributed by atoms with van der Waals surface area (Å²) in [6.45, 7) is 7.05. The molecule has 5 nitrogen and oxygen atoms in total. The summed E-state index contributed by atoms with van der Waals surface area (Å²) in [5, 5.41) is 5.69. The van der Waals surface area contributed by atoms with E-state index < -0.39 is 5.60 Å². The van der Waals surface area contributed by atoms with Gasteiger partial charge >= 0.3 is 6.09 Å². The summed E-state index contributed by atoms with van der Waals surface area (Å²) in [5.74, 6) is 0. The van der Waals surface area contributed by atoms with E-state index in [2.05, 4.69) is 5.10 Å². The fourth-order valence-corrected chi connectivity index (χ4v) is 2.89. The summed E-state index contributed by atoms with van der Waals surface area (Å²) in [7, 11) is 5.82. The van der Waals surface area contributed by atoms with Crippen molar-refractivity contribution < 1.29 is 9.53 Å². The monoisotopic (exact) mass is 311 g/mol. The molecule has 2 heterocycles. The van der Waals surface area contributed by atoms with Crippen LogP contribution in [-0.2, 0) is 4.74 Å². The second kappa shape index (κ2) is 5.91. The standard InChI is InChI=1S/C17H22BN3O2/c1-17(2,3)23-16(22)20-8-6-14(7-9-20)21-11-12-10-13(18)4-5-15(12)19-21/h4-5,10-11,14H,6-9H2,1-3H3. The Kier molecular flexibility index (Phi) is 4.09. The molecule has 2 radical (unpaired) electrons. The molecule has 0 saturated carbocycles. The number of fused-ring (bicyclic) bond motifs is 1. The number of ether oxygens (including phenoxy) is 1. The van der Waals surface area contributed by atoms with Crippen molar-refractivity contribution in [3.05, 3.63) is 24.4 Å². The van der Waals surface area contributed by atoms with E-state index in [-0.39, 0.29) is 6.09 Å². The van der Waals surface area contributed by atoms with Gasteiger partial charge in [0.1, 0.15) is 13.4 Å². The zero-order valence-corrected chi connectivity index (χ0v) is 14.0. The highest BCUT2D eigenvalue weighted by Gasteiger charge is 2.27. The predicted octanol–water partition coefficient (Wildman–Crippen LogP) is 2.40. The van der Waals surface area contributed by atoms with Crippen LogP contribution in [0.5, 0.6) is 0 Å². The number of amides is 1. The van der Waals surface area contributed by atoms with Crippen molar-refractivity contribution in [2.45, 2.75) is 45.3 Å². The first-order valence-electron chi connectivity index (χ1n) is 8.04. The number of piperidine rings is 1. The number of rotatable bonds is 1. The van der Waals surface area contributed by atoms with Crippen LogP contribution in [-0.4, -0.2) is 47.3 Å². The second-order valence-corrected chi connectivity index (χ2v) is 7.13. The van der Waals surface area contributed by atoms with Gasteiger partial charge in [-0.25, -0.2) is 4.79 Å². The molecule has 6 heteroatoms. The van der Waals surface area contributed by atoms with Gasteiger partial charge in [-0.15, -0.1) is 0 Å². The predicted molar refractivity (Wildman–Crippen MR) is 91.2 cm³/mol. The minimum atomic E-state index is -0.451. The zero-order valence-electron chi connectivity index (χ0n) is 14.0. The van der Waals surface area contributed by atoms with Crippen LogP contribution in [0.3, 0.4) is 0 Å². The van der Waals surface area contributed by atoms with Crippen molar-refractivity contribution >= 4 is 30.3 Å². The van der Waals surface area contributed by atoms with Crippen LogP contribution < -0.4 is 5.46 Å². The maximum absolute atomic E-state index is 12.1. The molecule has 23 heavy (non-hydrogen) atoms. The molecule has 1 amide bonds. The summed E-state index contributed by atoms with van der Waals surface area (Å²) in [6.07, 6.45) is 3.57. The van der Waals surface area contributed by atoms with Gasteiger partial charge in [-0.3, -0.25) is 4.68 Å².